The second-order valence-electron chi connectivity index (χ2n) is 5.44. The lowest BCUT2D eigenvalue weighted by Crippen LogP contribution is -2.07. The Morgan fingerprint density at radius 1 is 0.800 bits per heavy atom. The van der Waals surface area contributed by atoms with E-state index in [2.05, 4.69) is 74.5 Å². The highest BCUT2D eigenvalue weighted by Gasteiger charge is 2.13. The van der Waals surface area contributed by atoms with Crippen molar-refractivity contribution in [1.29, 1.82) is 0 Å². The molecular formula is C19H24O. The zero-order valence-electron chi connectivity index (χ0n) is 12.5. The maximum atomic E-state index is 5.66. The van der Waals surface area contributed by atoms with Gasteiger partial charge in [0.25, 0.3) is 0 Å². The van der Waals surface area contributed by atoms with Crippen LogP contribution in [0.5, 0.6) is 0 Å². The van der Waals surface area contributed by atoms with Crippen molar-refractivity contribution >= 4 is 0 Å². The summed E-state index contributed by atoms with van der Waals surface area (Å²) in [5, 5.41) is 0. The van der Waals surface area contributed by atoms with Gasteiger partial charge < -0.3 is 4.74 Å². The van der Waals surface area contributed by atoms with Crippen LogP contribution < -0.4 is 0 Å². The first kappa shape index (κ1) is 14.8. The minimum Gasteiger partial charge on any atom is -0.379 e. The topological polar surface area (TPSA) is 9.23 Å². The second kappa shape index (κ2) is 7.86. The van der Waals surface area contributed by atoms with Crippen LogP contribution in [0.25, 0.3) is 0 Å². The van der Waals surface area contributed by atoms with E-state index < -0.39 is 0 Å². The molecule has 20 heavy (non-hydrogen) atoms. The van der Waals surface area contributed by atoms with Crippen molar-refractivity contribution in [2.24, 2.45) is 0 Å². The lowest BCUT2D eigenvalue weighted by atomic mass is 9.88. The van der Waals surface area contributed by atoms with Gasteiger partial charge in [0.2, 0.25) is 0 Å². The van der Waals surface area contributed by atoms with E-state index >= 15 is 0 Å². The lowest BCUT2D eigenvalue weighted by molar-refractivity contribution is 0.0755. The Bertz CT molecular complexity index is 436. The summed E-state index contributed by atoms with van der Waals surface area (Å²) in [4.78, 5) is 0. The van der Waals surface area contributed by atoms with Gasteiger partial charge >= 0.3 is 0 Å². The standard InChI is InChI=1S/C19H24O/c1-16(2)20-15-9-14-19(17-10-5-3-6-11-17)18-12-7-4-8-13-18/h3-8,10-13,16,19H,9,14-15H2,1-2H3. The summed E-state index contributed by atoms with van der Waals surface area (Å²) in [6, 6.07) is 21.5. The van der Waals surface area contributed by atoms with Crippen LogP contribution in [0.4, 0.5) is 0 Å². The maximum Gasteiger partial charge on any atom is 0.0518 e. The molecule has 0 aliphatic carbocycles. The number of hydrogen-bond donors (Lipinski definition) is 0. The molecule has 0 fully saturated rings. The zero-order valence-corrected chi connectivity index (χ0v) is 12.5. The molecule has 1 heteroatoms. The van der Waals surface area contributed by atoms with Crippen LogP contribution >= 0.6 is 0 Å². The summed E-state index contributed by atoms with van der Waals surface area (Å²) in [5.74, 6) is 0.466. The fraction of sp³-hybridized carbons (Fsp3) is 0.368. The van der Waals surface area contributed by atoms with E-state index in [1.165, 1.54) is 11.1 Å². The average Bonchev–Trinajstić information content (AvgIpc) is 2.49. The van der Waals surface area contributed by atoms with E-state index in [4.69, 9.17) is 4.74 Å². The smallest absolute Gasteiger partial charge is 0.0518 e. The fourth-order valence-corrected chi connectivity index (χ4v) is 2.50. The van der Waals surface area contributed by atoms with E-state index in [1.54, 1.807) is 0 Å². The van der Waals surface area contributed by atoms with Crippen molar-refractivity contribution in [2.75, 3.05) is 6.61 Å². The van der Waals surface area contributed by atoms with Crippen LogP contribution in [0.3, 0.4) is 0 Å². The van der Waals surface area contributed by atoms with E-state index in [1.807, 2.05) is 0 Å². The van der Waals surface area contributed by atoms with Crippen LogP contribution in [0.1, 0.15) is 43.7 Å². The molecule has 0 amide bonds. The Balaban J connectivity index is 2.06. The minimum absolute atomic E-state index is 0.321. The van der Waals surface area contributed by atoms with Crippen molar-refractivity contribution in [3.05, 3.63) is 71.8 Å². The number of benzene rings is 2. The van der Waals surface area contributed by atoms with E-state index in [9.17, 15) is 0 Å². The van der Waals surface area contributed by atoms with Gasteiger partial charge in [0.05, 0.1) is 6.10 Å². The average molecular weight is 268 g/mol. The first-order chi connectivity index (χ1) is 9.77. The molecule has 2 aromatic carbocycles. The van der Waals surface area contributed by atoms with Crippen molar-refractivity contribution < 1.29 is 4.74 Å². The van der Waals surface area contributed by atoms with Crippen molar-refractivity contribution in [1.82, 2.24) is 0 Å². The quantitative estimate of drug-likeness (QED) is 0.640. The predicted octanol–water partition coefficient (Wildman–Crippen LogP) is 5.02. The van der Waals surface area contributed by atoms with Gasteiger partial charge in [-0.1, -0.05) is 60.7 Å². The molecule has 0 spiro atoms. The third kappa shape index (κ3) is 4.50. The predicted molar refractivity (Wildman–Crippen MR) is 85.0 cm³/mol. The van der Waals surface area contributed by atoms with Gasteiger partial charge in [0.1, 0.15) is 0 Å². The Hall–Kier alpha value is -1.60. The molecule has 2 aromatic rings. The Labute approximate surface area is 122 Å². The normalized spacial score (nSPS) is 11.2. The third-order valence-corrected chi connectivity index (χ3v) is 3.49. The summed E-state index contributed by atoms with van der Waals surface area (Å²) in [6.07, 6.45) is 2.54. The first-order valence-corrected chi connectivity index (χ1v) is 7.49. The highest BCUT2D eigenvalue weighted by atomic mass is 16.5. The molecule has 0 bridgehead atoms. The van der Waals surface area contributed by atoms with Crippen molar-refractivity contribution in [2.45, 2.75) is 38.7 Å². The molecule has 0 unspecified atom stereocenters. The van der Waals surface area contributed by atoms with E-state index in [0.717, 1.165) is 19.4 Å². The molecule has 0 aromatic heterocycles. The molecule has 1 nitrogen and oxygen atoms in total. The Morgan fingerprint density at radius 2 is 1.30 bits per heavy atom. The highest BCUT2D eigenvalue weighted by Crippen LogP contribution is 2.28. The fourth-order valence-electron chi connectivity index (χ4n) is 2.50. The van der Waals surface area contributed by atoms with Crippen LogP contribution in [0.2, 0.25) is 0 Å². The Morgan fingerprint density at radius 3 is 1.75 bits per heavy atom. The summed E-state index contributed by atoms with van der Waals surface area (Å²) in [5.41, 5.74) is 2.78. The summed E-state index contributed by atoms with van der Waals surface area (Å²) in [6.45, 7) is 5.02. The number of hydrogen-bond acceptors (Lipinski definition) is 1. The largest absolute Gasteiger partial charge is 0.379 e. The second-order valence-corrected chi connectivity index (χ2v) is 5.44. The summed E-state index contributed by atoms with van der Waals surface area (Å²) in [7, 11) is 0. The molecule has 0 heterocycles. The van der Waals surface area contributed by atoms with Crippen molar-refractivity contribution in [3.63, 3.8) is 0 Å². The molecule has 0 aliphatic heterocycles. The van der Waals surface area contributed by atoms with Gasteiger partial charge in [0, 0.05) is 12.5 Å². The van der Waals surface area contributed by atoms with Crippen LogP contribution in [-0.2, 0) is 4.74 Å². The molecule has 0 radical (unpaired) electrons. The summed E-state index contributed by atoms with van der Waals surface area (Å²) < 4.78 is 5.66. The van der Waals surface area contributed by atoms with Gasteiger partial charge in [-0.25, -0.2) is 0 Å². The number of rotatable bonds is 7. The lowest BCUT2D eigenvalue weighted by Gasteiger charge is -2.18. The van der Waals surface area contributed by atoms with Gasteiger partial charge in [-0.15, -0.1) is 0 Å². The SMILES string of the molecule is CC(C)OCCCC(c1ccccc1)c1ccccc1. The highest BCUT2D eigenvalue weighted by molar-refractivity contribution is 5.32. The van der Waals surface area contributed by atoms with Crippen LogP contribution in [-0.4, -0.2) is 12.7 Å². The molecule has 0 atom stereocenters. The molecular weight excluding hydrogens is 244 g/mol. The molecule has 2 rings (SSSR count). The molecule has 0 saturated heterocycles. The minimum atomic E-state index is 0.321. The van der Waals surface area contributed by atoms with Crippen molar-refractivity contribution in [3.8, 4) is 0 Å². The Kier molecular flexibility index (Phi) is 5.82. The van der Waals surface area contributed by atoms with Crippen LogP contribution in [0.15, 0.2) is 60.7 Å². The van der Waals surface area contributed by atoms with Gasteiger partial charge in [-0.2, -0.15) is 0 Å². The first-order valence-electron chi connectivity index (χ1n) is 7.49. The molecule has 106 valence electrons. The van der Waals surface area contributed by atoms with E-state index in [0.29, 0.717) is 12.0 Å². The van der Waals surface area contributed by atoms with Gasteiger partial charge in [-0.3, -0.25) is 0 Å². The number of ether oxygens (including phenoxy) is 1. The molecule has 0 saturated carbocycles. The van der Waals surface area contributed by atoms with Crippen LogP contribution in [0, 0.1) is 0 Å². The maximum absolute atomic E-state index is 5.66. The molecule has 0 aliphatic rings. The summed E-state index contributed by atoms with van der Waals surface area (Å²) >= 11 is 0. The van der Waals surface area contributed by atoms with Gasteiger partial charge in [-0.05, 0) is 37.8 Å². The van der Waals surface area contributed by atoms with E-state index in [-0.39, 0.29) is 0 Å². The molecule has 0 N–H and O–H groups in total. The third-order valence-electron chi connectivity index (χ3n) is 3.49. The zero-order chi connectivity index (χ0) is 14.2. The van der Waals surface area contributed by atoms with Gasteiger partial charge in [0.15, 0.2) is 0 Å². The monoisotopic (exact) mass is 268 g/mol.